The molecule has 0 N–H and O–H groups in total. The Morgan fingerprint density at radius 1 is 1.07 bits per heavy atom. The van der Waals surface area contributed by atoms with Crippen LogP contribution in [0.3, 0.4) is 0 Å². The number of nitrogens with zero attached hydrogens (tertiary/aromatic N) is 1. The van der Waals surface area contributed by atoms with E-state index in [0.29, 0.717) is 23.6 Å². The van der Waals surface area contributed by atoms with Crippen molar-refractivity contribution in [3.63, 3.8) is 0 Å². The molecule has 0 saturated carbocycles. The molecule has 0 fully saturated rings. The molecule has 0 radical (unpaired) electrons. The van der Waals surface area contributed by atoms with Gasteiger partial charge < -0.3 is 14.3 Å². The second kappa shape index (κ2) is 9.65. The van der Waals surface area contributed by atoms with Crippen LogP contribution in [-0.2, 0) is 17.4 Å². The number of ether oxygens (including phenoxy) is 2. The largest absolute Gasteiger partial charge is 0.496 e. The third-order valence-corrected chi connectivity index (χ3v) is 4.42. The van der Waals surface area contributed by atoms with Gasteiger partial charge in [0, 0.05) is 12.6 Å². The fraction of sp³-hybridized carbons (Fsp3) is 0.381. The van der Waals surface area contributed by atoms with E-state index in [1.807, 2.05) is 0 Å². The van der Waals surface area contributed by atoms with Crippen molar-refractivity contribution in [2.75, 3.05) is 20.8 Å². The first-order chi connectivity index (χ1) is 13.7. The van der Waals surface area contributed by atoms with E-state index in [-0.39, 0.29) is 18.0 Å². The molecular formula is C21H24F3NO4. The number of alkyl halides is 3. The molecule has 0 aliphatic carbocycles. The van der Waals surface area contributed by atoms with Crippen molar-refractivity contribution < 1.29 is 32.3 Å². The second-order valence-electron chi connectivity index (χ2n) is 6.40. The minimum atomic E-state index is -4.41. The standard InChI is InChI=1S/C21H24F3NO4/c1-5-25(14(2)12-15-8-6-9-16(13-15)21(22,23)24)29-20(26)19-17(27-3)10-7-11-18(19)28-4/h6-11,13-14H,5,12H2,1-4H3. The number of hydroxylamine groups is 2. The Labute approximate surface area is 167 Å². The Bertz CT molecular complexity index is 817. The normalized spacial score (nSPS) is 12.6. The summed E-state index contributed by atoms with van der Waals surface area (Å²) in [5.74, 6) is -0.0658. The molecule has 1 unspecified atom stereocenters. The number of methoxy groups -OCH3 is 2. The summed E-state index contributed by atoms with van der Waals surface area (Å²) in [4.78, 5) is 18.3. The zero-order chi connectivity index (χ0) is 21.6. The summed E-state index contributed by atoms with van der Waals surface area (Å²) >= 11 is 0. The lowest BCUT2D eigenvalue weighted by Gasteiger charge is -2.27. The third kappa shape index (κ3) is 5.63. The Kier molecular flexibility index (Phi) is 7.50. The zero-order valence-corrected chi connectivity index (χ0v) is 16.7. The van der Waals surface area contributed by atoms with E-state index in [1.165, 1.54) is 25.3 Å². The van der Waals surface area contributed by atoms with Gasteiger partial charge in [0.15, 0.2) is 0 Å². The van der Waals surface area contributed by atoms with Gasteiger partial charge in [-0.3, -0.25) is 0 Å². The topological polar surface area (TPSA) is 48.0 Å². The van der Waals surface area contributed by atoms with E-state index >= 15 is 0 Å². The van der Waals surface area contributed by atoms with E-state index in [0.717, 1.165) is 12.1 Å². The van der Waals surface area contributed by atoms with Crippen LogP contribution >= 0.6 is 0 Å². The molecular weight excluding hydrogens is 387 g/mol. The number of carbonyl (C=O) groups excluding carboxylic acids is 1. The van der Waals surface area contributed by atoms with Crippen molar-refractivity contribution in [1.82, 2.24) is 5.06 Å². The van der Waals surface area contributed by atoms with Crippen molar-refractivity contribution in [3.05, 3.63) is 59.2 Å². The van der Waals surface area contributed by atoms with Gasteiger partial charge in [-0.15, -0.1) is 5.06 Å². The number of likely N-dealkylation sites (N-methyl/N-ethyl adjacent to an activating group) is 1. The molecule has 0 heterocycles. The molecule has 0 aliphatic rings. The van der Waals surface area contributed by atoms with Crippen LogP contribution in [0.25, 0.3) is 0 Å². The monoisotopic (exact) mass is 411 g/mol. The smallest absolute Gasteiger partial charge is 0.416 e. The average molecular weight is 411 g/mol. The molecule has 8 heteroatoms. The maximum Gasteiger partial charge on any atom is 0.416 e. The molecule has 0 aliphatic heterocycles. The van der Waals surface area contributed by atoms with Crippen LogP contribution in [0.15, 0.2) is 42.5 Å². The zero-order valence-electron chi connectivity index (χ0n) is 16.7. The highest BCUT2D eigenvalue weighted by molar-refractivity contribution is 5.95. The van der Waals surface area contributed by atoms with Crippen molar-refractivity contribution in [2.24, 2.45) is 0 Å². The second-order valence-corrected chi connectivity index (χ2v) is 6.40. The maximum absolute atomic E-state index is 12.9. The van der Waals surface area contributed by atoms with Crippen LogP contribution in [0.2, 0.25) is 0 Å². The Hall–Kier alpha value is -2.74. The summed E-state index contributed by atoms with van der Waals surface area (Å²) in [6, 6.07) is 9.67. The maximum atomic E-state index is 12.9. The van der Waals surface area contributed by atoms with Crippen molar-refractivity contribution in [1.29, 1.82) is 0 Å². The van der Waals surface area contributed by atoms with Gasteiger partial charge in [0.2, 0.25) is 0 Å². The summed E-state index contributed by atoms with van der Waals surface area (Å²) in [5, 5.41) is 1.43. The minimum Gasteiger partial charge on any atom is -0.496 e. The van der Waals surface area contributed by atoms with E-state index in [9.17, 15) is 18.0 Å². The summed E-state index contributed by atoms with van der Waals surface area (Å²) in [6.07, 6.45) is -4.13. The minimum absolute atomic E-state index is 0.141. The molecule has 2 aromatic carbocycles. The van der Waals surface area contributed by atoms with Gasteiger partial charge in [-0.05, 0) is 44.0 Å². The fourth-order valence-electron chi connectivity index (χ4n) is 2.99. The molecule has 2 rings (SSSR count). The number of hydrogen-bond acceptors (Lipinski definition) is 5. The first kappa shape index (κ1) is 22.5. The lowest BCUT2D eigenvalue weighted by Crippen LogP contribution is -2.36. The molecule has 0 amide bonds. The van der Waals surface area contributed by atoms with Gasteiger partial charge >= 0.3 is 12.1 Å². The molecule has 0 spiro atoms. The lowest BCUT2D eigenvalue weighted by atomic mass is 10.0. The molecule has 0 saturated heterocycles. The number of halogens is 3. The quantitative estimate of drug-likeness (QED) is 0.587. The molecule has 5 nitrogen and oxygen atoms in total. The summed E-state index contributed by atoms with van der Waals surface area (Å²) < 4.78 is 49.2. The van der Waals surface area contributed by atoms with Crippen LogP contribution in [0.1, 0.15) is 35.3 Å². The number of carbonyl (C=O) groups is 1. The Balaban J connectivity index is 2.17. The highest BCUT2D eigenvalue weighted by Gasteiger charge is 2.31. The number of hydrogen-bond donors (Lipinski definition) is 0. The molecule has 0 bridgehead atoms. The molecule has 1 atom stereocenters. The molecule has 158 valence electrons. The highest BCUT2D eigenvalue weighted by atomic mass is 19.4. The lowest BCUT2D eigenvalue weighted by molar-refractivity contribution is -0.137. The van der Waals surface area contributed by atoms with Gasteiger partial charge in [-0.2, -0.15) is 13.2 Å². The van der Waals surface area contributed by atoms with Gasteiger partial charge in [-0.25, -0.2) is 4.79 Å². The predicted octanol–water partition coefficient (Wildman–Crippen LogP) is 4.75. The van der Waals surface area contributed by atoms with Crippen LogP contribution < -0.4 is 9.47 Å². The van der Waals surface area contributed by atoms with Crippen molar-refractivity contribution in [3.8, 4) is 11.5 Å². The van der Waals surface area contributed by atoms with E-state index in [2.05, 4.69) is 0 Å². The van der Waals surface area contributed by atoms with E-state index in [1.54, 1.807) is 38.1 Å². The molecule has 29 heavy (non-hydrogen) atoms. The molecule has 2 aromatic rings. The van der Waals surface area contributed by atoms with E-state index in [4.69, 9.17) is 14.3 Å². The summed E-state index contributed by atoms with van der Waals surface area (Å²) in [6.45, 7) is 3.91. The van der Waals surface area contributed by atoms with Gasteiger partial charge in [0.05, 0.1) is 19.8 Å². The summed E-state index contributed by atoms with van der Waals surface area (Å²) in [5.41, 5.74) is -0.0695. The first-order valence-electron chi connectivity index (χ1n) is 9.07. The highest BCUT2D eigenvalue weighted by Crippen LogP contribution is 2.31. The average Bonchev–Trinajstić information content (AvgIpc) is 2.70. The van der Waals surface area contributed by atoms with Gasteiger partial charge in [0.1, 0.15) is 17.1 Å². The first-order valence-corrected chi connectivity index (χ1v) is 9.07. The predicted molar refractivity (Wildman–Crippen MR) is 102 cm³/mol. The van der Waals surface area contributed by atoms with Crippen LogP contribution in [-0.4, -0.2) is 37.8 Å². The van der Waals surface area contributed by atoms with E-state index < -0.39 is 17.7 Å². The van der Waals surface area contributed by atoms with Gasteiger partial charge in [-0.1, -0.05) is 24.3 Å². The van der Waals surface area contributed by atoms with Gasteiger partial charge in [0.25, 0.3) is 0 Å². The van der Waals surface area contributed by atoms with Crippen LogP contribution in [0.5, 0.6) is 11.5 Å². The number of rotatable bonds is 8. The number of benzene rings is 2. The summed E-state index contributed by atoms with van der Waals surface area (Å²) in [7, 11) is 2.86. The SMILES string of the molecule is CCN(OC(=O)c1c(OC)cccc1OC)C(C)Cc1cccc(C(F)(F)F)c1. The third-order valence-electron chi connectivity index (χ3n) is 4.42. The van der Waals surface area contributed by atoms with Crippen LogP contribution in [0, 0.1) is 0 Å². The van der Waals surface area contributed by atoms with Crippen LogP contribution in [0.4, 0.5) is 13.2 Å². The Morgan fingerprint density at radius 3 is 2.17 bits per heavy atom. The van der Waals surface area contributed by atoms with Crippen molar-refractivity contribution in [2.45, 2.75) is 32.5 Å². The molecule has 0 aromatic heterocycles. The Morgan fingerprint density at radius 2 is 1.66 bits per heavy atom. The fourth-order valence-corrected chi connectivity index (χ4v) is 2.99. The van der Waals surface area contributed by atoms with Crippen molar-refractivity contribution >= 4 is 5.97 Å².